The number of carbonyl (C=O) groups is 1. The number of fused-ring (bicyclic) bond motifs is 7. The highest BCUT2D eigenvalue weighted by Crippen LogP contribution is 2.75. The molecule has 0 heterocycles. The third kappa shape index (κ3) is 4.45. The molecule has 5 heteroatoms. The Labute approximate surface area is 259 Å². The Kier molecular flexibility index (Phi) is 7.39. The minimum atomic E-state index is -0.898. The minimum Gasteiger partial charge on any atom is -0.478 e. The average molecular weight is 593 g/mol. The summed E-state index contributed by atoms with van der Waals surface area (Å²) in [6.07, 6.45) is 12.1. The molecule has 0 aromatic heterocycles. The monoisotopic (exact) mass is 592 g/mol. The molecule has 4 saturated carbocycles. The lowest BCUT2D eigenvalue weighted by molar-refractivity contribution is -0.220. The first-order valence-electron chi connectivity index (χ1n) is 17.0. The maximum Gasteiger partial charge on any atom is 0.335 e. The van der Waals surface area contributed by atoms with Gasteiger partial charge in [-0.3, -0.25) is 0 Å². The summed E-state index contributed by atoms with van der Waals surface area (Å²) in [5.74, 6) is 0.473. The Morgan fingerprint density at radius 2 is 1.58 bits per heavy atom. The highest BCUT2D eigenvalue weighted by Gasteiger charge is 2.69. The molecule has 0 spiro atoms. The molecular weight excluding hydrogens is 536 g/mol. The molecule has 4 fully saturated rings. The molecule has 1 aromatic rings. The van der Waals surface area contributed by atoms with Gasteiger partial charge in [-0.1, -0.05) is 72.2 Å². The molecule has 1 aromatic carbocycles. The second-order valence-electron chi connectivity index (χ2n) is 17.4. The van der Waals surface area contributed by atoms with Crippen molar-refractivity contribution in [3.8, 4) is 0 Å². The number of benzene rings is 1. The number of rotatable bonds is 5. The SMILES string of the molecule is CC1(C)C[C@@H](OCc2ccc(C(=O)O)cc2)[C@]2(C)CC[C@]3(C)C(=CCC4[C@@]5(C)CC[C@H](O)[C@](C)(CO)C5CC[C@]43C)[C@@H]2C1. The highest BCUT2D eigenvalue weighted by molar-refractivity contribution is 5.87. The van der Waals surface area contributed by atoms with Crippen LogP contribution in [0.1, 0.15) is 122 Å². The normalized spacial score (nSPS) is 46.9. The molecule has 0 amide bonds. The first-order valence-corrected chi connectivity index (χ1v) is 17.0. The van der Waals surface area contributed by atoms with Crippen LogP contribution in [0.25, 0.3) is 0 Å². The summed E-state index contributed by atoms with van der Waals surface area (Å²) in [6, 6.07) is 7.14. The van der Waals surface area contributed by atoms with E-state index in [1.54, 1.807) is 17.7 Å². The molecule has 238 valence electrons. The van der Waals surface area contributed by atoms with Gasteiger partial charge < -0.3 is 20.1 Å². The van der Waals surface area contributed by atoms with E-state index in [9.17, 15) is 20.1 Å². The van der Waals surface area contributed by atoms with Gasteiger partial charge >= 0.3 is 5.97 Å². The Hall–Kier alpha value is -1.69. The average Bonchev–Trinajstić information content (AvgIpc) is 2.95. The van der Waals surface area contributed by atoms with E-state index in [4.69, 9.17) is 4.74 Å². The second-order valence-corrected chi connectivity index (χ2v) is 17.4. The molecule has 5 nitrogen and oxygen atoms in total. The van der Waals surface area contributed by atoms with Crippen LogP contribution < -0.4 is 0 Å². The zero-order valence-corrected chi connectivity index (χ0v) is 27.7. The van der Waals surface area contributed by atoms with Crippen molar-refractivity contribution >= 4 is 5.97 Å². The largest absolute Gasteiger partial charge is 0.478 e. The predicted octanol–water partition coefficient (Wildman–Crippen LogP) is 8.03. The predicted molar refractivity (Wildman–Crippen MR) is 169 cm³/mol. The standard InChI is InChI=1S/C38H56O5/c1-33(2)20-27-26-12-13-29-35(4)16-15-30(40)36(5,23-39)28(35)14-17-38(29,7)37(26,6)19-18-34(27,3)31(21-33)43-22-24-8-10-25(11-9-24)32(41)42/h8-12,27-31,39-40H,13-23H2,1-7H3,(H,41,42)/t27-,28?,29?,30-,31+,34+,35-,36+,37+,38+/m0/s1. The number of carboxylic acid groups (broad SMARTS) is 1. The molecule has 10 atom stereocenters. The van der Waals surface area contributed by atoms with Gasteiger partial charge in [-0.05, 0) is 115 Å². The summed E-state index contributed by atoms with van der Waals surface area (Å²) in [5, 5.41) is 30.9. The van der Waals surface area contributed by atoms with Crippen molar-refractivity contribution in [1.82, 2.24) is 0 Å². The molecule has 0 aliphatic heterocycles. The van der Waals surface area contributed by atoms with Gasteiger partial charge in [0, 0.05) is 10.8 Å². The van der Waals surface area contributed by atoms with Crippen LogP contribution in [-0.2, 0) is 11.3 Å². The molecule has 2 unspecified atom stereocenters. The summed E-state index contributed by atoms with van der Waals surface area (Å²) in [5.41, 5.74) is 3.27. The molecule has 0 bridgehead atoms. The fourth-order valence-electron chi connectivity index (χ4n) is 11.9. The Morgan fingerprint density at radius 1 is 0.884 bits per heavy atom. The van der Waals surface area contributed by atoms with Crippen molar-refractivity contribution in [2.45, 2.75) is 125 Å². The van der Waals surface area contributed by atoms with E-state index in [1.165, 1.54) is 12.8 Å². The van der Waals surface area contributed by atoms with E-state index in [2.05, 4.69) is 54.5 Å². The molecule has 6 rings (SSSR count). The molecule has 43 heavy (non-hydrogen) atoms. The highest BCUT2D eigenvalue weighted by atomic mass is 16.5. The Balaban J connectivity index is 1.31. The lowest BCUT2D eigenvalue weighted by atomic mass is 9.33. The number of hydrogen-bond acceptors (Lipinski definition) is 4. The van der Waals surface area contributed by atoms with E-state index < -0.39 is 17.5 Å². The van der Waals surface area contributed by atoms with Gasteiger partial charge in [0.1, 0.15) is 0 Å². The summed E-state index contributed by atoms with van der Waals surface area (Å²) < 4.78 is 6.83. The summed E-state index contributed by atoms with van der Waals surface area (Å²) in [4.78, 5) is 11.3. The molecule has 0 radical (unpaired) electrons. The van der Waals surface area contributed by atoms with Crippen LogP contribution in [0, 0.1) is 50.2 Å². The number of aliphatic hydroxyl groups is 2. The molecule has 3 N–H and O–H groups in total. The number of hydrogen-bond donors (Lipinski definition) is 3. The van der Waals surface area contributed by atoms with Gasteiger partial charge in [0.15, 0.2) is 0 Å². The van der Waals surface area contributed by atoms with E-state index in [-0.39, 0.29) is 39.8 Å². The number of carboxylic acids is 1. The first-order chi connectivity index (χ1) is 20.0. The first kappa shape index (κ1) is 31.3. The van der Waals surface area contributed by atoms with Crippen LogP contribution in [0.5, 0.6) is 0 Å². The maximum absolute atomic E-state index is 11.3. The van der Waals surface area contributed by atoms with E-state index >= 15 is 0 Å². The zero-order valence-electron chi connectivity index (χ0n) is 27.7. The van der Waals surface area contributed by atoms with Crippen LogP contribution in [-0.4, -0.2) is 40.1 Å². The molecular formula is C38H56O5. The molecule has 0 saturated heterocycles. The maximum atomic E-state index is 11.3. The number of allylic oxidation sites excluding steroid dienone is 2. The van der Waals surface area contributed by atoms with Gasteiger partial charge in [-0.2, -0.15) is 0 Å². The van der Waals surface area contributed by atoms with Gasteiger partial charge in [0.25, 0.3) is 0 Å². The van der Waals surface area contributed by atoms with Crippen LogP contribution in [0.3, 0.4) is 0 Å². The molecule has 5 aliphatic rings. The lowest BCUT2D eigenvalue weighted by Gasteiger charge is -2.71. The smallest absolute Gasteiger partial charge is 0.335 e. The van der Waals surface area contributed by atoms with E-state index in [0.29, 0.717) is 29.9 Å². The quantitative estimate of drug-likeness (QED) is 0.301. The van der Waals surface area contributed by atoms with Gasteiger partial charge in [-0.15, -0.1) is 0 Å². The topological polar surface area (TPSA) is 87.0 Å². The summed E-state index contributed by atoms with van der Waals surface area (Å²) in [6.45, 7) is 17.8. The minimum absolute atomic E-state index is 0.0660. The number of aromatic carboxylic acids is 1. The van der Waals surface area contributed by atoms with Gasteiger partial charge in [-0.25, -0.2) is 4.79 Å². The molecule has 5 aliphatic carbocycles. The summed E-state index contributed by atoms with van der Waals surface area (Å²) >= 11 is 0. The second kappa shape index (κ2) is 10.2. The number of aliphatic hydroxyl groups excluding tert-OH is 2. The Bertz CT molecular complexity index is 1280. The van der Waals surface area contributed by atoms with Crippen molar-refractivity contribution in [1.29, 1.82) is 0 Å². The van der Waals surface area contributed by atoms with Crippen molar-refractivity contribution in [3.05, 3.63) is 47.0 Å². The fraction of sp³-hybridized carbons (Fsp3) is 0.763. The van der Waals surface area contributed by atoms with E-state index in [0.717, 1.165) is 50.5 Å². The van der Waals surface area contributed by atoms with Crippen LogP contribution in [0.15, 0.2) is 35.9 Å². The third-order valence-electron chi connectivity index (χ3n) is 14.9. The van der Waals surface area contributed by atoms with Crippen molar-refractivity contribution < 1.29 is 24.9 Å². The van der Waals surface area contributed by atoms with E-state index in [1.807, 2.05) is 12.1 Å². The van der Waals surface area contributed by atoms with Crippen LogP contribution in [0.4, 0.5) is 0 Å². The fourth-order valence-corrected chi connectivity index (χ4v) is 11.9. The zero-order chi connectivity index (χ0) is 31.2. The van der Waals surface area contributed by atoms with Gasteiger partial charge in [0.05, 0.1) is 31.0 Å². The van der Waals surface area contributed by atoms with Crippen molar-refractivity contribution in [3.63, 3.8) is 0 Å². The van der Waals surface area contributed by atoms with Gasteiger partial charge in [0.2, 0.25) is 0 Å². The number of ether oxygens (including phenoxy) is 1. The Morgan fingerprint density at radius 3 is 2.23 bits per heavy atom. The van der Waals surface area contributed by atoms with Crippen LogP contribution in [0.2, 0.25) is 0 Å². The third-order valence-corrected chi connectivity index (χ3v) is 14.9. The van der Waals surface area contributed by atoms with Crippen molar-refractivity contribution in [2.75, 3.05) is 6.61 Å². The summed E-state index contributed by atoms with van der Waals surface area (Å²) in [7, 11) is 0. The lowest BCUT2D eigenvalue weighted by Crippen LogP contribution is -2.66. The van der Waals surface area contributed by atoms with Crippen molar-refractivity contribution in [2.24, 2.45) is 50.2 Å². The van der Waals surface area contributed by atoms with Crippen LogP contribution >= 0.6 is 0 Å².